The average Bonchev–Trinajstić information content (AvgIpc) is 3.13. The molecule has 6 heteroatoms. The quantitative estimate of drug-likeness (QED) is 0.729. The maximum Gasteiger partial charge on any atom is 0.319 e. The van der Waals surface area contributed by atoms with Crippen LogP contribution in [0.1, 0.15) is 18.4 Å². The SMILES string of the molecule is Cc1ccc(NC(=O)NCC2CCN(c3nc4ccccc4o3)CC2)cc1. The Kier molecular flexibility index (Phi) is 4.96. The van der Waals surface area contributed by atoms with Gasteiger partial charge in [-0.1, -0.05) is 29.8 Å². The Hall–Kier alpha value is -3.02. The van der Waals surface area contributed by atoms with Crippen molar-refractivity contribution < 1.29 is 9.21 Å². The zero-order valence-corrected chi connectivity index (χ0v) is 15.4. The van der Waals surface area contributed by atoms with Gasteiger partial charge in [-0.3, -0.25) is 0 Å². The predicted octanol–water partition coefficient (Wildman–Crippen LogP) is 4.17. The molecule has 2 heterocycles. The molecule has 140 valence electrons. The third kappa shape index (κ3) is 4.22. The Morgan fingerprint density at radius 3 is 2.63 bits per heavy atom. The van der Waals surface area contributed by atoms with Gasteiger partial charge < -0.3 is 20.0 Å². The fourth-order valence-electron chi connectivity index (χ4n) is 3.37. The smallest absolute Gasteiger partial charge is 0.319 e. The summed E-state index contributed by atoms with van der Waals surface area (Å²) in [4.78, 5) is 18.8. The van der Waals surface area contributed by atoms with E-state index in [1.54, 1.807) is 0 Å². The van der Waals surface area contributed by atoms with Crippen LogP contribution in [0.5, 0.6) is 0 Å². The molecule has 1 fully saturated rings. The Morgan fingerprint density at radius 2 is 1.89 bits per heavy atom. The molecule has 1 aliphatic rings. The fourth-order valence-corrected chi connectivity index (χ4v) is 3.37. The number of nitrogens with one attached hydrogen (secondary N) is 2. The lowest BCUT2D eigenvalue weighted by Crippen LogP contribution is -2.39. The summed E-state index contributed by atoms with van der Waals surface area (Å²) in [5.74, 6) is 0.467. The highest BCUT2D eigenvalue weighted by molar-refractivity contribution is 5.89. The molecule has 1 saturated heterocycles. The lowest BCUT2D eigenvalue weighted by molar-refractivity contribution is 0.248. The second-order valence-electron chi connectivity index (χ2n) is 7.10. The van der Waals surface area contributed by atoms with Crippen LogP contribution in [0.25, 0.3) is 11.1 Å². The normalized spacial score (nSPS) is 15.1. The number of para-hydroxylation sites is 2. The third-order valence-corrected chi connectivity index (χ3v) is 5.03. The minimum Gasteiger partial charge on any atom is -0.423 e. The zero-order chi connectivity index (χ0) is 18.6. The molecule has 0 spiro atoms. The highest BCUT2D eigenvalue weighted by Crippen LogP contribution is 2.26. The van der Waals surface area contributed by atoms with Crippen LogP contribution in [-0.4, -0.2) is 30.6 Å². The first kappa shape index (κ1) is 17.4. The summed E-state index contributed by atoms with van der Waals surface area (Å²) < 4.78 is 5.85. The van der Waals surface area contributed by atoms with E-state index in [9.17, 15) is 4.79 Å². The first-order chi connectivity index (χ1) is 13.2. The van der Waals surface area contributed by atoms with E-state index in [-0.39, 0.29) is 6.03 Å². The van der Waals surface area contributed by atoms with E-state index in [2.05, 4.69) is 20.5 Å². The molecule has 1 aliphatic heterocycles. The van der Waals surface area contributed by atoms with E-state index in [0.29, 0.717) is 18.5 Å². The van der Waals surface area contributed by atoms with Crippen LogP contribution < -0.4 is 15.5 Å². The molecule has 2 amide bonds. The Morgan fingerprint density at radius 1 is 1.15 bits per heavy atom. The van der Waals surface area contributed by atoms with Crippen LogP contribution in [0.2, 0.25) is 0 Å². The van der Waals surface area contributed by atoms with Crippen LogP contribution in [0, 0.1) is 12.8 Å². The van der Waals surface area contributed by atoms with Crippen LogP contribution in [0.4, 0.5) is 16.5 Å². The number of anilines is 2. The highest BCUT2D eigenvalue weighted by atomic mass is 16.4. The van der Waals surface area contributed by atoms with Crippen molar-refractivity contribution in [3.05, 3.63) is 54.1 Å². The molecule has 6 nitrogen and oxygen atoms in total. The number of aromatic nitrogens is 1. The van der Waals surface area contributed by atoms with Gasteiger partial charge in [0.05, 0.1) is 0 Å². The van der Waals surface area contributed by atoms with Gasteiger partial charge in [0.25, 0.3) is 6.01 Å². The molecule has 4 rings (SSSR count). The van der Waals surface area contributed by atoms with Crippen molar-refractivity contribution in [2.45, 2.75) is 19.8 Å². The Labute approximate surface area is 158 Å². The first-order valence-electron chi connectivity index (χ1n) is 9.39. The number of urea groups is 1. The molecule has 0 radical (unpaired) electrons. The lowest BCUT2D eigenvalue weighted by Gasteiger charge is -2.30. The van der Waals surface area contributed by atoms with Crippen LogP contribution >= 0.6 is 0 Å². The Bertz CT molecular complexity index is 878. The summed E-state index contributed by atoms with van der Waals surface area (Å²) in [6.07, 6.45) is 2.01. The number of oxazole rings is 1. The number of carbonyl (C=O) groups excluding carboxylic acids is 1. The molecule has 0 bridgehead atoms. The number of fused-ring (bicyclic) bond motifs is 1. The molecule has 0 saturated carbocycles. The number of carbonyl (C=O) groups is 1. The summed E-state index contributed by atoms with van der Waals surface area (Å²) in [7, 11) is 0. The van der Waals surface area contributed by atoms with E-state index in [1.807, 2.05) is 55.5 Å². The number of piperidine rings is 1. The number of nitrogens with zero attached hydrogens (tertiary/aromatic N) is 2. The molecule has 2 N–H and O–H groups in total. The van der Waals surface area contributed by atoms with Gasteiger partial charge in [0, 0.05) is 25.3 Å². The highest BCUT2D eigenvalue weighted by Gasteiger charge is 2.23. The van der Waals surface area contributed by atoms with Crippen molar-refractivity contribution in [1.29, 1.82) is 0 Å². The maximum atomic E-state index is 12.1. The van der Waals surface area contributed by atoms with Gasteiger partial charge in [0.1, 0.15) is 5.52 Å². The minimum absolute atomic E-state index is 0.153. The van der Waals surface area contributed by atoms with Crippen molar-refractivity contribution in [1.82, 2.24) is 10.3 Å². The van der Waals surface area contributed by atoms with Crippen molar-refractivity contribution in [2.24, 2.45) is 5.92 Å². The molecule has 0 aliphatic carbocycles. The van der Waals surface area contributed by atoms with Gasteiger partial charge >= 0.3 is 6.03 Å². The van der Waals surface area contributed by atoms with Gasteiger partial charge in [0.15, 0.2) is 5.58 Å². The first-order valence-corrected chi connectivity index (χ1v) is 9.39. The number of hydrogen-bond donors (Lipinski definition) is 2. The number of aryl methyl sites for hydroxylation is 1. The third-order valence-electron chi connectivity index (χ3n) is 5.03. The fraction of sp³-hybridized carbons (Fsp3) is 0.333. The molecule has 3 aromatic rings. The number of rotatable bonds is 4. The summed E-state index contributed by atoms with van der Waals surface area (Å²) in [6, 6.07) is 16.2. The average molecular weight is 364 g/mol. The van der Waals surface area contributed by atoms with Crippen LogP contribution in [-0.2, 0) is 0 Å². The zero-order valence-electron chi connectivity index (χ0n) is 15.4. The predicted molar refractivity (Wildman–Crippen MR) is 107 cm³/mol. The standard InChI is InChI=1S/C21H24N4O2/c1-15-6-8-17(9-7-15)23-20(26)22-14-16-10-12-25(13-11-16)21-24-18-4-2-3-5-19(18)27-21/h2-9,16H,10-14H2,1H3,(H2,22,23,26). The second-order valence-corrected chi connectivity index (χ2v) is 7.10. The van der Waals surface area contributed by atoms with Gasteiger partial charge in [-0.2, -0.15) is 4.98 Å². The van der Waals surface area contributed by atoms with Crippen molar-refractivity contribution >= 4 is 28.8 Å². The maximum absolute atomic E-state index is 12.1. The summed E-state index contributed by atoms with van der Waals surface area (Å²) in [6.45, 7) is 4.48. The molecule has 2 aromatic carbocycles. The molecule has 0 unspecified atom stereocenters. The Balaban J connectivity index is 1.24. The number of hydrogen-bond acceptors (Lipinski definition) is 4. The lowest BCUT2D eigenvalue weighted by atomic mass is 9.97. The molecule has 1 aromatic heterocycles. The molecular formula is C21H24N4O2. The van der Waals surface area contributed by atoms with Gasteiger partial charge in [-0.15, -0.1) is 0 Å². The minimum atomic E-state index is -0.153. The number of benzene rings is 2. The van der Waals surface area contributed by atoms with Crippen LogP contribution in [0.3, 0.4) is 0 Å². The summed E-state index contributed by atoms with van der Waals surface area (Å²) >= 11 is 0. The van der Waals surface area contributed by atoms with E-state index in [4.69, 9.17) is 4.42 Å². The largest absolute Gasteiger partial charge is 0.423 e. The van der Waals surface area contributed by atoms with Gasteiger partial charge in [0.2, 0.25) is 0 Å². The molecule has 0 atom stereocenters. The van der Waals surface area contributed by atoms with E-state index in [0.717, 1.165) is 42.7 Å². The van der Waals surface area contributed by atoms with E-state index < -0.39 is 0 Å². The van der Waals surface area contributed by atoms with Crippen molar-refractivity contribution in [3.63, 3.8) is 0 Å². The molecule has 27 heavy (non-hydrogen) atoms. The number of amides is 2. The monoisotopic (exact) mass is 364 g/mol. The topological polar surface area (TPSA) is 70.4 Å². The molecular weight excluding hydrogens is 340 g/mol. The van der Waals surface area contributed by atoms with Gasteiger partial charge in [-0.25, -0.2) is 4.79 Å². The van der Waals surface area contributed by atoms with Crippen molar-refractivity contribution in [2.75, 3.05) is 29.9 Å². The van der Waals surface area contributed by atoms with E-state index in [1.165, 1.54) is 5.56 Å². The summed E-state index contributed by atoms with van der Waals surface area (Å²) in [5.41, 5.74) is 3.70. The second kappa shape index (κ2) is 7.70. The van der Waals surface area contributed by atoms with Gasteiger partial charge in [-0.05, 0) is 49.9 Å². The van der Waals surface area contributed by atoms with E-state index >= 15 is 0 Å². The summed E-state index contributed by atoms with van der Waals surface area (Å²) in [5, 5.41) is 5.86. The van der Waals surface area contributed by atoms with Crippen molar-refractivity contribution in [3.8, 4) is 0 Å². The van der Waals surface area contributed by atoms with Crippen LogP contribution in [0.15, 0.2) is 52.9 Å².